The summed E-state index contributed by atoms with van der Waals surface area (Å²) in [5.41, 5.74) is 6.33. The number of imidazole rings is 2. The van der Waals surface area contributed by atoms with Crippen molar-refractivity contribution in [3.63, 3.8) is 0 Å². The van der Waals surface area contributed by atoms with Crippen LogP contribution in [0.2, 0.25) is 5.02 Å². The van der Waals surface area contributed by atoms with Gasteiger partial charge in [-0.2, -0.15) is 0 Å². The van der Waals surface area contributed by atoms with E-state index in [1.807, 2.05) is 89.1 Å². The van der Waals surface area contributed by atoms with E-state index in [9.17, 15) is 0 Å². The van der Waals surface area contributed by atoms with Crippen LogP contribution >= 0.6 is 11.6 Å². The molecule has 2 aromatic carbocycles. The fourth-order valence-corrected chi connectivity index (χ4v) is 3.76. The van der Waals surface area contributed by atoms with Crippen molar-refractivity contribution in [2.45, 2.75) is 6.92 Å². The molecule has 0 aliphatic carbocycles. The van der Waals surface area contributed by atoms with E-state index in [0.29, 0.717) is 5.02 Å². The minimum absolute atomic E-state index is 0.688. The summed E-state index contributed by atoms with van der Waals surface area (Å²) in [5, 5.41) is 4.16. The highest BCUT2D eigenvalue weighted by Gasteiger charge is 2.11. The van der Waals surface area contributed by atoms with Crippen molar-refractivity contribution in [3.8, 4) is 22.7 Å². The van der Waals surface area contributed by atoms with Crippen LogP contribution in [0.5, 0.6) is 5.75 Å². The maximum absolute atomic E-state index is 6.15. The van der Waals surface area contributed by atoms with Crippen LogP contribution in [0.3, 0.4) is 0 Å². The number of benzene rings is 2. The number of nitrogens with one attached hydrogen (secondary N) is 1. The molecule has 0 aliphatic rings. The molecule has 0 atom stereocenters. The number of halogens is 1. The Labute approximate surface area is 184 Å². The Morgan fingerprint density at radius 2 is 1.94 bits per heavy atom. The van der Waals surface area contributed by atoms with Crippen LogP contribution in [-0.4, -0.2) is 26.0 Å². The first-order valence-corrected chi connectivity index (χ1v) is 10.2. The van der Waals surface area contributed by atoms with E-state index in [-0.39, 0.29) is 0 Å². The van der Waals surface area contributed by atoms with Crippen molar-refractivity contribution >= 4 is 28.6 Å². The molecule has 0 bridgehead atoms. The number of aromatic nitrogens is 4. The summed E-state index contributed by atoms with van der Waals surface area (Å²) < 4.78 is 9.57. The van der Waals surface area contributed by atoms with Crippen LogP contribution in [0.15, 0.2) is 79.5 Å². The molecule has 1 N–H and O–H groups in total. The second-order valence-electron chi connectivity index (χ2n) is 7.22. The molecule has 5 rings (SSSR count). The topological polar surface area (TPSA) is 56.4 Å². The predicted molar refractivity (Wildman–Crippen MR) is 124 cm³/mol. The molecule has 154 valence electrons. The van der Waals surface area contributed by atoms with Gasteiger partial charge in [-0.3, -0.25) is 0 Å². The molecule has 0 saturated heterocycles. The normalized spacial score (nSPS) is 11.1. The Hall–Kier alpha value is -3.77. The van der Waals surface area contributed by atoms with Gasteiger partial charge in [0.2, 0.25) is 0 Å². The first kappa shape index (κ1) is 19.2. The van der Waals surface area contributed by atoms with Crippen LogP contribution in [0.1, 0.15) is 5.69 Å². The average Bonchev–Trinajstić information content (AvgIpc) is 3.40. The van der Waals surface area contributed by atoms with E-state index in [1.165, 1.54) is 0 Å². The summed E-state index contributed by atoms with van der Waals surface area (Å²) in [7, 11) is 1.67. The second-order valence-corrected chi connectivity index (χ2v) is 7.66. The molecule has 0 aliphatic heterocycles. The molecule has 5 aromatic rings. The Morgan fingerprint density at radius 1 is 1.03 bits per heavy atom. The number of fused-ring (bicyclic) bond motifs is 1. The van der Waals surface area contributed by atoms with Gasteiger partial charge in [-0.05, 0) is 43.3 Å². The standard InChI is InChI=1S/C24H20ClN5O/c1-16-13-30(15-26-16)22-9-8-19(12-23(22)31-2)27-20-7-4-10-29-14-21(28-24(20)29)17-5-3-6-18(25)11-17/h3-15,27H,1-2H3. The molecule has 0 spiro atoms. The van der Waals surface area contributed by atoms with E-state index in [4.69, 9.17) is 21.3 Å². The highest BCUT2D eigenvalue weighted by molar-refractivity contribution is 6.30. The van der Waals surface area contributed by atoms with E-state index in [2.05, 4.69) is 10.3 Å². The Bertz CT molecular complexity index is 1390. The molecule has 6 nitrogen and oxygen atoms in total. The molecule has 3 aromatic heterocycles. The molecular formula is C24H20ClN5O. The van der Waals surface area contributed by atoms with Gasteiger partial charge >= 0.3 is 0 Å². The zero-order chi connectivity index (χ0) is 21.4. The number of aryl methyl sites for hydroxylation is 1. The lowest BCUT2D eigenvalue weighted by molar-refractivity contribution is 0.413. The lowest BCUT2D eigenvalue weighted by atomic mass is 10.2. The van der Waals surface area contributed by atoms with Gasteiger partial charge in [0.25, 0.3) is 0 Å². The van der Waals surface area contributed by atoms with E-state index < -0.39 is 0 Å². The summed E-state index contributed by atoms with van der Waals surface area (Å²) in [5.74, 6) is 0.748. The number of ether oxygens (including phenoxy) is 1. The van der Waals surface area contributed by atoms with Gasteiger partial charge in [-0.15, -0.1) is 0 Å². The molecule has 7 heteroatoms. The quantitative estimate of drug-likeness (QED) is 0.378. The highest BCUT2D eigenvalue weighted by atomic mass is 35.5. The van der Waals surface area contributed by atoms with E-state index >= 15 is 0 Å². The van der Waals surface area contributed by atoms with Crippen LogP contribution in [0.25, 0.3) is 22.6 Å². The van der Waals surface area contributed by atoms with Crippen LogP contribution in [-0.2, 0) is 0 Å². The third-order valence-electron chi connectivity index (χ3n) is 5.05. The fourth-order valence-electron chi connectivity index (χ4n) is 3.57. The number of methoxy groups -OCH3 is 1. The van der Waals surface area contributed by atoms with Gasteiger partial charge in [0.05, 0.1) is 36.2 Å². The fraction of sp³-hybridized carbons (Fsp3) is 0.0833. The maximum atomic E-state index is 6.15. The predicted octanol–water partition coefficient (Wildman–Crippen LogP) is 5.90. The minimum atomic E-state index is 0.688. The van der Waals surface area contributed by atoms with Crippen molar-refractivity contribution in [3.05, 3.63) is 90.2 Å². The highest BCUT2D eigenvalue weighted by Crippen LogP contribution is 2.31. The first-order chi connectivity index (χ1) is 15.1. The van der Waals surface area contributed by atoms with Gasteiger partial charge < -0.3 is 19.0 Å². The third-order valence-corrected chi connectivity index (χ3v) is 5.29. The number of hydrogen-bond acceptors (Lipinski definition) is 4. The molecule has 0 fully saturated rings. The number of hydrogen-bond donors (Lipinski definition) is 1. The minimum Gasteiger partial charge on any atom is -0.494 e. The molecule has 3 heterocycles. The molecular weight excluding hydrogens is 410 g/mol. The lowest BCUT2D eigenvalue weighted by Gasteiger charge is -2.13. The molecule has 0 unspecified atom stereocenters. The number of rotatable bonds is 5. The first-order valence-electron chi connectivity index (χ1n) is 9.80. The van der Waals surface area contributed by atoms with Gasteiger partial charge in [0.15, 0.2) is 5.65 Å². The largest absolute Gasteiger partial charge is 0.494 e. The SMILES string of the molecule is COc1cc(Nc2cccn3cc(-c4cccc(Cl)c4)nc23)ccc1-n1cnc(C)c1. The van der Waals surface area contributed by atoms with Crippen molar-refractivity contribution in [1.29, 1.82) is 0 Å². The average molecular weight is 430 g/mol. The van der Waals surface area contributed by atoms with Crippen molar-refractivity contribution in [2.75, 3.05) is 12.4 Å². The van der Waals surface area contributed by atoms with Crippen LogP contribution < -0.4 is 10.1 Å². The monoisotopic (exact) mass is 429 g/mol. The zero-order valence-electron chi connectivity index (χ0n) is 17.1. The summed E-state index contributed by atoms with van der Waals surface area (Å²) >= 11 is 6.15. The van der Waals surface area contributed by atoms with E-state index in [1.54, 1.807) is 13.4 Å². The third kappa shape index (κ3) is 3.73. The van der Waals surface area contributed by atoms with Crippen LogP contribution in [0, 0.1) is 6.92 Å². The Morgan fingerprint density at radius 3 is 2.71 bits per heavy atom. The zero-order valence-corrected chi connectivity index (χ0v) is 17.8. The lowest BCUT2D eigenvalue weighted by Crippen LogP contribution is -1.99. The summed E-state index contributed by atoms with van der Waals surface area (Å²) in [6.45, 7) is 1.96. The van der Waals surface area contributed by atoms with Gasteiger partial charge in [-0.1, -0.05) is 23.7 Å². The van der Waals surface area contributed by atoms with Crippen molar-refractivity contribution in [1.82, 2.24) is 18.9 Å². The number of nitrogens with zero attached hydrogens (tertiary/aromatic N) is 4. The maximum Gasteiger partial charge on any atom is 0.161 e. The van der Waals surface area contributed by atoms with Crippen molar-refractivity contribution in [2.24, 2.45) is 0 Å². The Kier molecular flexibility index (Phi) is 4.84. The summed E-state index contributed by atoms with van der Waals surface area (Å²) in [6.07, 6.45) is 7.72. The molecule has 0 saturated carbocycles. The molecule has 31 heavy (non-hydrogen) atoms. The van der Waals surface area contributed by atoms with Gasteiger partial charge in [0, 0.05) is 40.9 Å². The van der Waals surface area contributed by atoms with Crippen molar-refractivity contribution < 1.29 is 4.74 Å². The number of anilines is 2. The van der Waals surface area contributed by atoms with Crippen LogP contribution in [0.4, 0.5) is 11.4 Å². The van der Waals surface area contributed by atoms with E-state index in [0.717, 1.165) is 45.4 Å². The molecule has 0 radical (unpaired) electrons. The second kappa shape index (κ2) is 7.81. The van der Waals surface area contributed by atoms with Gasteiger partial charge in [0.1, 0.15) is 5.75 Å². The smallest absolute Gasteiger partial charge is 0.161 e. The molecule has 0 amide bonds. The summed E-state index contributed by atoms with van der Waals surface area (Å²) in [6, 6.07) is 17.7. The Balaban J connectivity index is 1.50. The van der Waals surface area contributed by atoms with Gasteiger partial charge in [-0.25, -0.2) is 9.97 Å². The summed E-state index contributed by atoms with van der Waals surface area (Å²) in [4.78, 5) is 9.13. The number of pyridine rings is 1.